The summed E-state index contributed by atoms with van der Waals surface area (Å²) in [5.74, 6) is 0.623. The van der Waals surface area contributed by atoms with E-state index in [0.29, 0.717) is 34.0 Å². The lowest BCUT2D eigenvalue weighted by Crippen LogP contribution is -2.27. The maximum absolute atomic E-state index is 13.0. The summed E-state index contributed by atoms with van der Waals surface area (Å²) >= 11 is 0. The highest BCUT2D eigenvalue weighted by Gasteiger charge is 2.32. The Morgan fingerprint density at radius 2 is 1.91 bits per heavy atom. The zero-order chi connectivity index (χ0) is 24.5. The van der Waals surface area contributed by atoms with E-state index in [1.54, 1.807) is 55.5 Å². The number of nitrogens with zero attached hydrogens (tertiary/aromatic N) is 3. The second-order valence-corrected chi connectivity index (χ2v) is 7.51. The van der Waals surface area contributed by atoms with E-state index in [1.807, 2.05) is 0 Å². The molecule has 3 aromatic rings. The maximum atomic E-state index is 13.0. The molecule has 0 radical (unpaired) electrons. The van der Waals surface area contributed by atoms with E-state index >= 15 is 0 Å². The zero-order valence-corrected chi connectivity index (χ0v) is 18.3. The van der Waals surface area contributed by atoms with Crippen molar-refractivity contribution in [2.45, 2.75) is 6.92 Å². The van der Waals surface area contributed by atoms with Crippen molar-refractivity contribution >= 4 is 34.9 Å². The molecule has 2 aliphatic heterocycles. The molecule has 0 atom stereocenters. The Balaban J connectivity index is 1.38. The van der Waals surface area contributed by atoms with Gasteiger partial charge in [0.05, 0.1) is 17.1 Å². The summed E-state index contributed by atoms with van der Waals surface area (Å²) in [5, 5.41) is 29.3. The first kappa shape index (κ1) is 21.8. The Morgan fingerprint density at radius 3 is 2.74 bits per heavy atom. The van der Waals surface area contributed by atoms with Crippen LogP contribution in [0.25, 0.3) is 11.1 Å². The van der Waals surface area contributed by atoms with Crippen molar-refractivity contribution in [1.29, 1.82) is 0 Å². The summed E-state index contributed by atoms with van der Waals surface area (Å²) in [7, 11) is 0. The summed E-state index contributed by atoms with van der Waals surface area (Å²) in [6, 6.07) is 16.2. The minimum atomic E-state index is -1.44. The molecule has 35 heavy (non-hydrogen) atoms. The highest BCUT2D eigenvalue weighted by molar-refractivity contribution is 6.71. The molecule has 3 aromatic carbocycles. The number of amides is 1. The van der Waals surface area contributed by atoms with E-state index in [2.05, 4.69) is 20.4 Å². The van der Waals surface area contributed by atoms with Crippen molar-refractivity contribution in [2.24, 2.45) is 10.2 Å². The number of para-hydroxylation sites is 1. The lowest BCUT2D eigenvalue weighted by atomic mass is 10.0. The molecule has 3 N–H and O–H groups in total. The van der Waals surface area contributed by atoms with Gasteiger partial charge < -0.3 is 24.4 Å². The van der Waals surface area contributed by atoms with Crippen LogP contribution in [-0.4, -0.2) is 40.5 Å². The van der Waals surface area contributed by atoms with Gasteiger partial charge in [0.15, 0.2) is 17.2 Å². The molecular weight excluding hydrogens is 456 g/mol. The first-order chi connectivity index (χ1) is 16.9. The van der Waals surface area contributed by atoms with Crippen LogP contribution in [0.5, 0.6) is 23.0 Å². The van der Waals surface area contributed by atoms with Crippen molar-refractivity contribution in [2.75, 3.05) is 17.2 Å². The molecule has 0 saturated carbocycles. The van der Waals surface area contributed by atoms with Gasteiger partial charge in [0, 0.05) is 11.6 Å². The number of hydrazone groups is 2. The number of phenolic OH excluding ortho intramolecular Hbond substituents is 1. The molecule has 5 rings (SSSR count). The van der Waals surface area contributed by atoms with Crippen molar-refractivity contribution < 1.29 is 34.0 Å². The van der Waals surface area contributed by atoms with Crippen molar-refractivity contribution in [3.05, 3.63) is 60.7 Å². The van der Waals surface area contributed by atoms with Crippen LogP contribution >= 0.6 is 0 Å². The SMILES string of the molecule is CC1=NN(c2ccc3c(c2)OCO3)C(=O)C1=NNc1cccc(-c2cccc(OC(=O)O)c2)c1O. The fourth-order valence-electron chi connectivity index (χ4n) is 3.63. The largest absolute Gasteiger partial charge is 0.511 e. The predicted molar refractivity (Wildman–Crippen MR) is 126 cm³/mol. The van der Waals surface area contributed by atoms with E-state index in [4.69, 9.17) is 14.6 Å². The molecule has 2 heterocycles. The molecular formula is C24H18N4O7. The number of nitrogens with one attached hydrogen (secondary N) is 1. The van der Waals surface area contributed by atoms with Crippen LogP contribution in [0.15, 0.2) is 70.9 Å². The fraction of sp³-hybridized carbons (Fsp3) is 0.0833. The number of hydrogen-bond donors (Lipinski definition) is 3. The van der Waals surface area contributed by atoms with E-state index in [0.717, 1.165) is 0 Å². The third kappa shape index (κ3) is 4.17. The average molecular weight is 474 g/mol. The van der Waals surface area contributed by atoms with Gasteiger partial charge in [-0.25, -0.2) is 4.79 Å². The van der Waals surface area contributed by atoms with Crippen molar-refractivity contribution in [3.63, 3.8) is 0 Å². The predicted octanol–water partition coefficient (Wildman–Crippen LogP) is 4.04. The molecule has 0 unspecified atom stereocenters. The van der Waals surface area contributed by atoms with Crippen LogP contribution < -0.4 is 24.6 Å². The summed E-state index contributed by atoms with van der Waals surface area (Å²) in [4.78, 5) is 23.8. The first-order valence-corrected chi connectivity index (χ1v) is 10.4. The standard InChI is InChI=1S/C24H18N4O7/c1-13-21(23(30)28(27-13)15-8-9-19-20(11-15)34-12-33-19)26-25-18-7-3-6-17(22(18)29)14-4-2-5-16(10-14)35-24(31)32/h2-11,25,29H,12H2,1H3,(H,31,32). The normalized spacial score (nSPS) is 15.3. The van der Waals surface area contributed by atoms with Crippen LogP contribution in [0.1, 0.15) is 6.92 Å². The number of fused-ring (bicyclic) bond motifs is 1. The molecule has 0 spiro atoms. The van der Waals surface area contributed by atoms with Gasteiger partial charge in [-0.15, -0.1) is 0 Å². The molecule has 0 saturated heterocycles. The number of hydrogen-bond acceptors (Lipinski definition) is 9. The van der Waals surface area contributed by atoms with Crippen LogP contribution in [-0.2, 0) is 4.79 Å². The summed E-state index contributed by atoms with van der Waals surface area (Å²) < 4.78 is 15.3. The second-order valence-electron chi connectivity index (χ2n) is 7.51. The summed E-state index contributed by atoms with van der Waals surface area (Å²) in [6.45, 7) is 1.76. The average Bonchev–Trinajstić information content (AvgIpc) is 3.41. The van der Waals surface area contributed by atoms with Gasteiger partial charge in [0.25, 0.3) is 0 Å². The van der Waals surface area contributed by atoms with Crippen molar-refractivity contribution in [1.82, 2.24) is 0 Å². The number of phenols is 1. The van der Waals surface area contributed by atoms with E-state index in [1.165, 1.54) is 17.1 Å². The van der Waals surface area contributed by atoms with Crippen LogP contribution in [0.2, 0.25) is 0 Å². The highest BCUT2D eigenvalue weighted by atomic mass is 16.7. The number of rotatable bonds is 5. The van der Waals surface area contributed by atoms with Gasteiger partial charge in [-0.3, -0.25) is 10.2 Å². The highest BCUT2D eigenvalue weighted by Crippen LogP contribution is 2.38. The molecule has 1 amide bonds. The van der Waals surface area contributed by atoms with Crippen LogP contribution in [0.4, 0.5) is 16.2 Å². The number of carboxylic acid groups (broad SMARTS) is 1. The lowest BCUT2D eigenvalue weighted by Gasteiger charge is -2.12. The number of carbonyl (C=O) groups excluding carboxylic acids is 1. The van der Waals surface area contributed by atoms with Gasteiger partial charge in [-0.05, 0) is 42.8 Å². The summed E-state index contributed by atoms with van der Waals surface area (Å²) in [5.41, 5.74) is 4.86. The van der Waals surface area contributed by atoms with E-state index in [-0.39, 0.29) is 29.7 Å². The molecule has 0 bridgehead atoms. The smallest absolute Gasteiger partial charge is 0.505 e. The first-order valence-electron chi connectivity index (χ1n) is 10.4. The minimum absolute atomic E-state index is 0.0734. The second kappa shape index (κ2) is 8.71. The number of aromatic hydroxyl groups is 1. The molecule has 11 heteroatoms. The monoisotopic (exact) mass is 474 g/mol. The van der Waals surface area contributed by atoms with E-state index < -0.39 is 12.1 Å². The van der Waals surface area contributed by atoms with Gasteiger partial charge in [0.1, 0.15) is 11.5 Å². The third-order valence-corrected chi connectivity index (χ3v) is 5.26. The Morgan fingerprint density at radius 1 is 1.11 bits per heavy atom. The molecule has 11 nitrogen and oxygen atoms in total. The maximum Gasteiger partial charge on any atom is 0.511 e. The summed E-state index contributed by atoms with van der Waals surface area (Å²) in [6.07, 6.45) is -1.44. The van der Waals surface area contributed by atoms with Gasteiger partial charge in [0.2, 0.25) is 6.79 Å². The fourth-order valence-corrected chi connectivity index (χ4v) is 3.63. The Bertz CT molecular complexity index is 1420. The number of benzene rings is 3. The Hall–Kier alpha value is -5.06. The van der Waals surface area contributed by atoms with Crippen LogP contribution in [0.3, 0.4) is 0 Å². The van der Waals surface area contributed by atoms with Gasteiger partial charge in [-0.1, -0.05) is 24.3 Å². The molecule has 2 aliphatic rings. The topological polar surface area (TPSA) is 142 Å². The van der Waals surface area contributed by atoms with Crippen LogP contribution in [0, 0.1) is 0 Å². The Labute approximate surface area is 198 Å². The number of anilines is 2. The molecule has 0 aromatic heterocycles. The Kier molecular flexibility index (Phi) is 5.41. The quantitative estimate of drug-likeness (QED) is 0.218. The number of carbonyl (C=O) groups is 2. The van der Waals surface area contributed by atoms with Gasteiger partial charge in [-0.2, -0.15) is 15.2 Å². The van der Waals surface area contributed by atoms with Gasteiger partial charge >= 0.3 is 12.1 Å². The molecule has 0 aliphatic carbocycles. The zero-order valence-electron chi connectivity index (χ0n) is 18.3. The third-order valence-electron chi connectivity index (χ3n) is 5.26. The minimum Gasteiger partial charge on any atom is -0.505 e. The molecule has 176 valence electrons. The van der Waals surface area contributed by atoms with E-state index in [9.17, 15) is 14.7 Å². The lowest BCUT2D eigenvalue weighted by molar-refractivity contribution is -0.112. The number of ether oxygens (including phenoxy) is 3. The molecule has 0 fully saturated rings. The van der Waals surface area contributed by atoms with Crippen molar-refractivity contribution in [3.8, 4) is 34.1 Å².